The van der Waals surface area contributed by atoms with E-state index in [4.69, 9.17) is 23.2 Å². The molecule has 4 nitrogen and oxygen atoms in total. The number of rotatable bonds is 3. The van der Waals surface area contributed by atoms with Crippen molar-refractivity contribution in [1.82, 2.24) is 14.6 Å². The first-order chi connectivity index (χ1) is 13.3. The normalized spacial score (nSPS) is 12.5. The Kier molecular flexibility index (Phi) is 4.91. The number of halogens is 4. The first-order valence-electron chi connectivity index (χ1n) is 8.04. The molecule has 142 valence electrons. The van der Waals surface area contributed by atoms with Crippen molar-refractivity contribution in [2.24, 2.45) is 0 Å². The van der Waals surface area contributed by atoms with Gasteiger partial charge in [-0.05, 0) is 24.3 Å². The van der Waals surface area contributed by atoms with Gasteiger partial charge in [0.05, 0.1) is 16.6 Å². The number of nitrogens with one attached hydrogen (secondary N) is 1. The van der Waals surface area contributed by atoms with Gasteiger partial charge in [0.15, 0.2) is 17.3 Å². The number of thiol groups is 1. The Morgan fingerprint density at radius 1 is 1.07 bits per heavy atom. The van der Waals surface area contributed by atoms with Crippen LogP contribution in [0.3, 0.4) is 0 Å². The molecule has 0 saturated carbocycles. The fourth-order valence-corrected chi connectivity index (χ4v) is 3.76. The molecule has 0 radical (unpaired) electrons. The molecule has 0 bridgehead atoms. The Bertz CT molecular complexity index is 1250. The quantitative estimate of drug-likeness (QED) is 0.427. The number of benzene rings is 2. The van der Waals surface area contributed by atoms with Gasteiger partial charge in [0, 0.05) is 33.3 Å². The van der Waals surface area contributed by atoms with Crippen LogP contribution >= 0.6 is 35.8 Å². The minimum Gasteiger partial charge on any atom is -0.289 e. The lowest BCUT2D eigenvalue weighted by molar-refractivity contribution is 0.500. The Labute approximate surface area is 173 Å². The molecule has 0 fully saturated rings. The monoisotopic (exact) mass is 437 g/mol. The largest absolute Gasteiger partial charge is 0.289 e. The predicted octanol–water partition coefficient (Wildman–Crippen LogP) is 5.29. The number of H-pyrrole nitrogens is 1. The van der Waals surface area contributed by atoms with Crippen LogP contribution in [-0.2, 0) is 0 Å². The molecule has 0 spiro atoms. The van der Waals surface area contributed by atoms with E-state index >= 15 is 0 Å². The van der Waals surface area contributed by atoms with E-state index in [1.165, 1.54) is 22.7 Å². The number of aromatic nitrogens is 3. The average Bonchev–Trinajstić information content (AvgIpc) is 3.07. The van der Waals surface area contributed by atoms with Crippen molar-refractivity contribution in [3.63, 3.8) is 0 Å². The third-order valence-corrected chi connectivity index (χ3v) is 5.18. The van der Waals surface area contributed by atoms with Crippen LogP contribution < -0.4 is 5.56 Å². The van der Waals surface area contributed by atoms with E-state index in [1.807, 2.05) is 0 Å². The molecule has 2 aromatic carbocycles. The zero-order chi connectivity index (χ0) is 20.0. The molecule has 1 unspecified atom stereocenters. The molecule has 2 heterocycles. The number of aromatic amines is 1. The van der Waals surface area contributed by atoms with Crippen LogP contribution in [0.4, 0.5) is 8.78 Å². The Morgan fingerprint density at radius 3 is 2.50 bits per heavy atom. The summed E-state index contributed by atoms with van der Waals surface area (Å²) in [5, 5.41) is 2.90. The van der Waals surface area contributed by atoms with Gasteiger partial charge in [-0.1, -0.05) is 35.3 Å². The maximum atomic E-state index is 14.1. The highest BCUT2D eigenvalue weighted by Crippen LogP contribution is 2.30. The zero-order valence-electron chi connectivity index (χ0n) is 14.0. The summed E-state index contributed by atoms with van der Waals surface area (Å²) in [6.45, 7) is 0. The van der Waals surface area contributed by atoms with Crippen molar-refractivity contribution in [3.05, 3.63) is 91.8 Å². The Balaban J connectivity index is 1.82. The van der Waals surface area contributed by atoms with Crippen molar-refractivity contribution >= 4 is 41.5 Å². The second kappa shape index (κ2) is 7.24. The highest BCUT2D eigenvalue weighted by molar-refractivity contribution is 7.80. The lowest BCUT2D eigenvalue weighted by atomic mass is 10.1. The molecule has 4 aromatic rings. The lowest BCUT2D eigenvalue weighted by Gasteiger charge is -2.11. The van der Waals surface area contributed by atoms with E-state index in [-0.39, 0.29) is 11.3 Å². The molecule has 0 aliphatic carbocycles. The summed E-state index contributed by atoms with van der Waals surface area (Å²) < 4.78 is 28.8. The van der Waals surface area contributed by atoms with Crippen molar-refractivity contribution in [1.29, 1.82) is 0 Å². The number of nitrogens with zero attached hydrogens (tertiary/aromatic N) is 2. The molecule has 1 atom stereocenters. The molecular formula is C19H11Cl2F2N3OS. The van der Waals surface area contributed by atoms with Gasteiger partial charge in [-0.2, -0.15) is 12.6 Å². The molecule has 28 heavy (non-hydrogen) atoms. The van der Waals surface area contributed by atoms with Crippen LogP contribution in [0.5, 0.6) is 0 Å². The van der Waals surface area contributed by atoms with Gasteiger partial charge in [0.1, 0.15) is 0 Å². The molecule has 4 rings (SSSR count). The van der Waals surface area contributed by atoms with Gasteiger partial charge >= 0.3 is 0 Å². The minimum absolute atomic E-state index is 0.00281. The first-order valence-corrected chi connectivity index (χ1v) is 9.32. The van der Waals surface area contributed by atoms with E-state index in [0.717, 1.165) is 6.07 Å². The summed E-state index contributed by atoms with van der Waals surface area (Å²) in [7, 11) is 0. The van der Waals surface area contributed by atoms with Crippen LogP contribution in [-0.4, -0.2) is 14.6 Å². The lowest BCUT2D eigenvalue weighted by Crippen LogP contribution is -2.16. The molecule has 0 aliphatic rings. The first kappa shape index (κ1) is 19.0. The van der Waals surface area contributed by atoms with Crippen molar-refractivity contribution in [2.45, 2.75) is 5.25 Å². The smallest absolute Gasteiger partial charge is 0.272 e. The number of hydrogen-bond donors (Lipinski definition) is 2. The van der Waals surface area contributed by atoms with Crippen LogP contribution in [0.1, 0.15) is 16.5 Å². The number of fused-ring (bicyclic) bond motifs is 1. The molecule has 2 aromatic heterocycles. The van der Waals surface area contributed by atoms with E-state index in [9.17, 15) is 13.6 Å². The van der Waals surface area contributed by atoms with Crippen LogP contribution in [0.15, 0.2) is 53.3 Å². The minimum atomic E-state index is -1.02. The second-order valence-corrected chi connectivity index (χ2v) is 7.48. The van der Waals surface area contributed by atoms with Gasteiger partial charge in [0.2, 0.25) is 0 Å². The maximum absolute atomic E-state index is 14.1. The molecule has 9 heteroatoms. The third kappa shape index (κ3) is 3.41. The molecular weight excluding hydrogens is 427 g/mol. The average molecular weight is 438 g/mol. The molecule has 1 N–H and O–H groups in total. The van der Waals surface area contributed by atoms with Gasteiger partial charge in [-0.15, -0.1) is 0 Å². The highest BCUT2D eigenvalue weighted by atomic mass is 35.5. The second-order valence-electron chi connectivity index (χ2n) is 6.09. The van der Waals surface area contributed by atoms with Gasteiger partial charge in [0.25, 0.3) is 5.56 Å². The van der Waals surface area contributed by atoms with Crippen LogP contribution in [0, 0.1) is 11.6 Å². The summed E-state index contributed by atoms with van der Waals surface area (Å²) in [4.78, 5) is 16.9. The Morgan fingerprint density at radius 2 is 1.79 bits per heavy atom. The zero-order valence-corrected chi connectivity index (χ0v) is 16.4. The summed E-state index contributed by atoms with van der Waals surface area (Å²) in [5.74, 6) is -2.01. The fourth-order valence-electron chi connectivity index (χ4n) is 2.90. The summed E-state index contributed by atoms with van der Waals surface area (Å²) in [5.41, 5.74) is 1.31. The van der Waals surface area contributed by atoms with Crippen molar-refractivity contribution < 1.29 is 8.78 Å². The summed E-state index contributed by atoms with van der Waals surface area (Å²) in [6.07, 6.45) is 0. The maximum Gasteiger partial charge on any atom is 0.272 e. The van der Waals surface area contributed by atoms with E-state index in [0.29, 0.717) is 26.9 Å². The van der Waals surface area contributed by atoms with Crippen LogP contribution in [0.25, 0.3) is 16.9 Å². The van der Waals surface area contributed by atoms with E-state index in [2.05, 4.69) is 22.7 Å². The van der Waals surface area contributed by atoms with E-state index < -0.39 is 22.4 Å². The van der Waals surface area contributed by atoms with Crippen molar-refractivity contribution in [3.8, 4) is 11.3 Å². The predicted molar refractivity (Wildman–Crippen MR) is 108 cm³/mol. The standard InChI is InChI=1S/C19H11Cl2F2N3OS/c20-10-4-9(5-11(21)6-10)14-7-16-24-15(8-17(27)26(16)25-14)19(28)12-2-1-3-13(22)18(12)23/h1-8,19,25,28H. The SMILES string of the molecule is O=c1cc(C(S)c2cccc(F)c2F)nc2cc(-c3cc(Cl)cc(Cl)c3)[nH]n12. The fraction of sp³-hybridized carbons (Fsp3) is 0.0526. The summed E-state index contributed by atoms with van der Waals surface area (Å²) >= 11 is 16.4. The summed E-state index contributed by atoms with van der Waals surface area (Å²) in [6, 6.07) is 11.6. The Hall–Kier alpha value is -2.35. The van der Waals surface area contributed by atoms with Crippen LogP contribution in [0.2, 0.25) is 10.0 Å². The van der Waals surface area contributed by atoms with E-state index in [1.54, 1.807) is 24.3 Å². The van der Waals surface area contributed by atoms with Gasteiger partial charge in [-0.25, -0.2) is 18.3 Å². The molecule has 0 amide bonds. The highest BCUT2D eigenvalue weighted by Gasteiger charge is 2.20. The van der Waals surface area contributed by atoms with Gasteiger partial charge in [-0.3, -0.25) is 9.89 Å². The van der Waals surface area contributed by atoms with Gasteiger partial charge < -0.3 is 0 Å². The topological polar surface area (TPSA) is 50.2 Å². The third-order valence-electron chi connectivity index (χ3n) is 4.20. The van der Waals surface area contributed by atoms with Crippen molar-refractivity contribution in [2.75, 3.05) is 0 Å². The molecule has 0 saturated heterocycles. The number of hydrogen-bond acceptors (Lipinski definition) is 3. The molecule has 0 aliphatic heterocycles.